The summed E-state index contributed by atoms with van der Waals surface area (Å²) in [5.74, 6) is 1.34. The van der Waals surface area contributed by atoms with E-state index in [1.165, 1.54) is 0 Å². The Kier molecular flexibility index (Phi) is 10.2. The van der Waals surface area contributed by atoms with Gasteiger partial charge in [-0.15, -0.1) is 0 Å². The summed E-state index contributed by atoms with van der Waals surface area (Å²) in [6.45, 7) is 15.0. The number of imidazole rings is 1. The molecule has 2 aromatic carbocycles. The standard InChI is InChI=1S/C40H50N6O4/c1-25(2)36(43-26(3)49-7)38(47)45-20-8-10-34(45)32-22-31(23-41-32)29-14-12-27(13-15-29)28-16-18-30(19-17-28)33-24-42-37(44-33)35-11-9-21-46(35)39(48)50-40(4,5)6/h12-19,23-25,34-36,43H,3,8-11,20-22H2,1-2,4-7H3,(H,42,44)/t34-,35-,36-/m0/s1. The number of hydrogen-bond donors (Lipinski definition) is 2. The molecule has 0 bridgehead atoms. The summed E-state index contributed by atoms with van der Waals surface area (Å²) in [5, 5.41) is 3.16. The largest absolute Gasteiger partial charge is 0.483 e. The Morgan fingerprint density at radius 1 is 0.920 bits per heavy atom. The van der Waals surface area contributed by atoms with E-state index in [0.717, 1.165) is 83.7 Å². The first-order chi connectivity index (χ1) is 23.9. The number of H-pyrrole nitrogens is 1. The summed E-state index contributed by atoms with van der Waals surface area (Å²) in [5.41, 5.74) is 7.00. The Labute approximate surface area is 295 Å². The molecule has 50 heavy (non-hydrogen) atoms. The van der Waals surface area contributed by atoms with E-state index < -0.39 is 11.6 Å². The Balaban J connectivity index is 1.07. The van der Waals surface area contributed by atoms with Crippen LogP contribution in [-0.4, -0.2) is 75.4 Å². The Morgan fingerprint density at radius 2 is 1.52 bits per heavy atom. The van der Waals surface area contributed by atoms with Crippen LogP contribution in [-0.2, 0) is 14.3 Å². The summed E-state index contributed by atoms with van der Waals surface area (Å²) < 4.78 is 10.8. The van der Waals surface area contributed by atoms with Gasteiger partial charge in [-0.2, -0.15) is 0 Å². The first-order valence-corrected chi connectivity index (χ1v) is 17.7. The van der Waals surface area contributed by atoms with Crippen LogP contribution in [0.4, 0.5) is 4.79 Å². The number of carbonyl (C=O) groups is 2. The van der Waals surface area contributed by atoms with E-state index in [-0.39, 0.29) is 30.0 Å². The van der Waals surface area contributed by atoms with Crippen molar-refractivity contribution in [3.05, 3.63) is 84.8 Å². The van der Waals surface area contributed by atoms with E-state index in [1.54, 1.807) is 12.0 Å². The zero-order valence-corrected chi connectivity index (χ0v) is 30.2. The first-order valence-electron chi connectivity index (χ1n) is 17.7. The molecule has 10 heteroatoms. The summed E-state index contributed by atoms with van der Waals surface area (Å²) >= 11 is 0. The van der Waals surface area contributed by atoms with Crippen LogP contribution in [0, 0.1) is 5.92 Å². The fourth-order valence-corrected chi connectivity index (χ4v) is 7.09. The van der Waals surface area contributed by atoms with E-state index in [2.05, 4.69) is 70.4 Å². The predicted molar refractivity (Wildman–Crippen MR) is 197 cm³/mol. The molecular weight excluding hydrogens is 628 g/mol. The fourth-order valence-electron chi connectivity index (χ4n) is 7.09. The Hall–Kier alpha value is -4.86. The highest BCUT2D eigenvalue weighted by atomic mass is 16.6. The third kappa shape index (κ3) is 7.64. The molecule has 4 heterocycles. The van der Waals surface area contributed by atoms with E-state index in [1.807, 2.05) is 51.9 Å². The normalized spacial score (nSPS) is 19.7. The molecule has 0 spiro atoms. The minimum absolute atomic E-state index is 0.000857. The van der Waals surface area contributed by atoms with Crippen molar-refractivity contribution in [1.29, 1.82) is 0 Å². The van der Waals surface area contributed by atoms with Gasteiger partial charge in [0.2, 0.25) is 5.91 Å². The SMILES string of the molecule is C=C(N[C@H](C(=O)N1CCC[C@H]1C1=NC=C(c2ccc(-c3ccc(-c4cnc([C@@H]5CCCN5C(=O)OC(C)(C)C)[nH]4)cc3)cc2)C1)C(C)C)OC. The molecule has 2 saturated heterocycles. The average molecular weight is 679 g/mol. The molecule has 2 fully saturated rings. The molecule has 264 valence electrons. The number of likely N-dealkylation sites (tertiary alicyclic amines) is 2. The third-order valence-corrected chi connectivity index (χ3v) is 9.75. The number of hydrogen-bond acceptors (Lipinski definition) is 7. The number of nitrogens with one attached hydrogen (secondary N) is 2. The lowest BCUT2D eigenvalue weighted by Crippen LogP contribution is -2.52. The first kappa shape index (κ1) is 35.0. The van der Waals surface area contributed by atoms with Crippen LogP contribution < -0.4 is 5.32 Å². The van der Waals surface area contributed by atoms with Crippen molar-refractivity contribution >= 4 is 23.3 Å². The van der Waals surface area contributed by atoms with E-state index in [4.69, 9.17) is 14.5 Å². The van der Waals surface area contributed by atoms with Gasteiger partial charge in [-0.3, -0.25) is 14.7 Å². The van der Waals surface area contributed by atoms with Crippen LogP contribution in [0.5, 0.6) is 0 Å². The zero-order valence-electron chi connectivity index (χ0n) is 30.2. The number of aromatic amines is 1. The van der Waals surface area contributed by atoms with Gasteiger partial charge in [-0.1, -0.05) is 62.4 Å². The molecule has 3 aromatic rings. The number of carbonyl (C=O) groups excluding carboxylic acids is 2. The zero-order chi connectivity index (χ0) is 35.6. The monoisotopic (exact) mass is 678 g/mol. The molecule has 0 saturated carbocycles. The Bertz CT molecular complexity index is 1770. The highest BCUT2D eigenvalue weighted by Crippen LogP contribution is 2.34. The number of benzene rings is 2. The molecule has 1 aromatic heterocycles. The van der Waals surface area contributed by atoms with E-state index >= 15 is 0 Å². The van der Waals surface area contributed by atoms with Gasteiger partial charge in [-0.05, 0) is 86.8 Å². The van der Waals surface area contributed by atoms with Crippen molar-refractivity contribution in [1.82, 2.24) is 25.1 Å². The van der Waals surface area contributed by atoms with E-state index in [9.17, 15) is 9.59 Å². The molecule has 3 aliphatic heterocycles. The number of aliphatic imine (C=N–C) groups is 1. The third-order valence-electron chi connectivity index (χ3n) is 9.75. The highest BCUT2D eigenvalue weighted by molar-refractivity contribution is 6.03. The summed E-state index contributed by atoms with van der Waals surface area (Å²) in [7, 11) is 1.55. The number of methoxy groups -OCH3 is 1. The highest BCUT2D eigenvalue weighted by Gasteiger charge is 2.38. The second-order valence-corrected chi connectivity index (χ2v) is 14.8. The quantitative estimate of drug-likeness (QED) is 0.212. The summed E-state index contributed by atoms with van der Waals surface area (Å²) in [6.07, 6.45) is 7.89. The van der Waals surface area contributed by atoms with E-state index in [0.29, 0.717) is 12.4 Å². The van der Waals surface area contributed by atoms with Crippen LogP contribution in [0.2, 0.25) is 0 Å². The smallest absolute Gasteiger partial charge is 0.410 e. The molecule has 0 radical (unpaired) electrons. The molecular formula is C40H50N6O4. The topological polar surface area (TPSA) is 112 Å². The lowest BCUT2D eigenvalue weighted by atomic mass is 9.95. The van der Waals surface area contributed by atoms with Crippen LogP contribution >= 0.6 is 0 Å². The fraction of sp³-hybridized carbons (Fsp3) is 0.450. The number of allylic oxidation sites excluding steroid dienone is 1. The lowest BCUT2D eigenvalue weighted by Gasteiger charge is -2.31. The molecule has 10 nitrogen and oxygen atoms in total. The maximum atomic E-state index is 13.6. The number of amides is 2. The van der Waals surface area contributed by atoms with Gasteiger partial charge < -0.3 is 24.7 Å². The predicted octanol–water partition coefficient (Wildman–Crippen LogP) is 7.72. The second kappa shape index (κ2) is 14.5. The van der Waals surface area contributed by atoms with Crippen molar-refractivity contribution in [3.63, 3.8) is 0 Å². The maximum Gasteiger partial charge on any atom is 0.410 e. The molecule has 3 aliphatic rings. The number of aromatic nitrogens is 2. The van der Waals surface area contributed by atoms with Crippen molar-refractivity contribution in [2.45, 2.75) is 90.4 Å². The van der Waals surface area contributed by atoms with Gasteiger partial charge in [0.05, 0.1) is 31.1 Å². The Morgan fingerprint density at radius 3 is 2.14 bits per heavy atom. The van der Waals surface area contributed by atoms with Crippen LogP contribution in [0.15, 0.2) is 78.4 Å². The van der Waals surface area contributed by atoms with Crippen LogP contribution in [0.3, 0.4) is 0 Å². The van der Waals surface area contributed by atoms with Gasteiger partial charge >= 0.3 is 6.09 Å². The van der Waals surface area contributed by atoms with Crippen molar-refractivity contribution in [2.75, 3.05) is 20.2 Å². The van der Waals surface area contributed by atoms with Gasteiger partial charge in [0.25, 0.3) is 0 Å². The molecule has 6 rings (SSSR count). The molecule has 0 aliphatic carbocycles. The van der Waals surface area contributed by atoms with Crippen molar-refractivity contribution in [2.24, 2.45) is 10.9 Å². The maximum absolute atomic E-state index is 13.6. The number of rotatable bonds is 10. The van der Waals surface area contributed by atoms with Gasteiger partial charge in [0.15, 0.2) is 5.88 Å². The summed E-state index contributed by atoms with van der Waals surface area (Å²) in [4.78, 5) is 43.1. The van der Waals surface area contributed by atoms with Crippen molar-refractivity contribution < 1.29 is 19.1 Å². The summed E-state index contributed by atoms with van der Waals surface area (Å²) in [6, 6.07) is 16.5. The number of nitrogens with zero attached hydrogens (tertiary/aromatic N) is 4. The number of ether oxygens (including phenoxy) is 2. The second-order valence-electron chi connectivity index (χ2n) is 14.8. The van der Waals surface area contributed by atoms with Gasteiger partial charge in [0.1, 0.15) is 17.5 Å². The molecule has 2 N–H and O–H groups in total. The van der Waals surface area contributed by atoms with Gasteiger partial charge in [0, 0.05) is 31.4 Å². The molecule has 3 atom stereocenters. The van der Waals surface area contributed by atoms with Crippen LogP contribution in [0.25, 0.3) is 28.0 Å². The molecule has 0 unspecified atom stereocenters. The minimum atomic E-state index is -0.538. The average Bonchev–Trinajstić information content (AvgIpc) is 3.92. The van der Waals surface area contributed by atoms with Crippen LogP contribution in [0.1, 0.15) is 84.2 Å². The van der Waals surface area contributed by atoms with Crippen molar-refractivity contribution in [3.8, 4) is 22.4 Å². The lowest BCUT2D eigenvalue weighted by molar-refractivity contribution is -0.134. The minimum Gasteiger partial charge on any atom is -0.483 e. The molecule has 2 amide bonds. The van der Waals surface area contributed by atoms with Gasteiger partial charge in [-0.25, -0.2) is 9.78 Å².